The molecule has 67 heavy (non-hydrogen) atoms. The third kappa shape index (κ3) is 9.33. The number of urea groups is 1. The number of aryl methyl sites for hydroxylation is 1. The van der Waals surface area contributed by atoms with Crippen molar-refractivity contribution in [1.82, 2.24) is 30.4 Å². The first-order valence-electron chi connectivity index (χ1n) is 21.9. The van der Waals surface area contributed by atoms with E-state index in [0.29, 0.717) is 68.5 Å². The fourth-order valence-electron chi connectivity index (χ4n) is 8.93. The highest BCUT2D eigenvalue weighted by Gasteiger charge is 2.46. The van der Waals surface area contributed by atoms with Crippen LogP contribution in [-0.2, 0) is 62.2 Å². The van der Waals surface area contributed by atoms with E-state index in [1.165, 1.54) is 29.8 Å². The molecule has 2 aromatic heterocycles. The van der Waals surface area contributed by atoms with Crippen LogP contribution in [0.2, 0.25) is 0 Å². The molecule has 0 bridgehead atoms. The summed E-state index contributed by atoms with van der Waals surface area (Å²) >= 11 is 0. The van der Waals surface area contributed by atoms with Crippen LogP contribution in [0.1, 0.15) is 97.0 Å². The Morgan fingerprint density at radius 1 is 1.09 bits per heavy atom. The first kappa shape index (κ1) is 47.8. The minimum atomic E-state index is -2.06. The molecule has 0 spiro atoms. The fraction of sp³-hybridized carbons (Fsp3) is 0.435. The van der Waals surface area contributed by atoms with Crippen molar-refractivity contribution in [1.29, 1.82) is 0 Å². The van der Waals surface area contributed by atoms with Gasteiger partial charge in [-0.2, -0.15) is 0 Å². The second-order valence-electron chi connectivity index (χ2n) is 17.5. The molecule has 4 heterocycles. The standard InChI is InChI=1S/C46H54FN9O11/c1-6-46(65)29-15-34-38-27(18-56(34)41(59)28(29)20-66-42(46)60)36-31(12-11-26-22(4)30(47)16-33(52-38)35(26)36)54-44(62)67-19-23-9-10-25(14-24(23)17-55(5)45(63)64)51-39(57)32(8-7-13-50-43(49)61)53-40(58)37(48)21(2)3/h9-10,14-16,21,31-32,37,65H,6-8,11-13,17-20,48H2,1-5H3,(H,51,57)(H,53,58)(H,54,62)(H,63,64)(H3,49,50,61)/t31-,32-,37-,46-/m0/s1. The predicted octanol–water partition coefficient (Wildman–Crippen LogP) is 3.41. The number of halogens is 1. The van der Waals surface area contributed by atoms with Crippen LogP contribution in [0.15, 0.2) is 35.1 Å². The Kier molecular flexibility index (Phi) is 13.6. The van der Waals surface area contributed by atoms with Gasteiger partial charge in [0.15, 0.2) is 5.60 Å². The number of carbonyl (C=O) groups excluding carboxylic acids is 5. The number of nitrogens with zero attached hydrogens (tertiary/aromatic N) is 3. The number of benzene rings is 2. The summed E-state index contributed by atoms with van der Waals surface area (Å²) in [6, 6.07) is 4.08. The number of rotatable bonds is 15. The summed E-state index contributed by atoms with van der Waals surface area (Å²) in [5.74, 6) is -2.72. The highest BCUT2D eigenvalue weighted by molar-refractivity contribution is 5.98. The van der Waals surface area contributed by atoms with Crippen LogP contribution in [0.5, 0.6) is 0 Å². The molecule has 3 aliphatic rings. The number of primary amides is 1. The Hall–Kier alpha value is -7.13. The number of alkyl carbamates (subject to hydrolysis) is 1. The van der Waals surface area contributed by atoms with Gasteiger partial charge in [-0.05, 0) is 91.0 Å². The lowest BCUT2D eigenvalue weighted by Gasteiger charge is -2.31. The van der Waals surface area contributed by atoms with Crippen molar-refractivity contribution >= 4 is 52.6 Å². The van der Waals surface area contributed by atoms with Gasteiger partial charge in [-0.3, -0.25) is 14.4 Å². The van der Waals surface area contributed by atoms with E-state index in [4.69, 9.17) is 25.9 Å². The maximum atomic E-state index is 15.4. The second kappa shape index (κ2) is 19.0. The quantitative estimate of drug-likeness (QED) is 0.0552. The fourth-order valence-corrected chi connectivity index (χ4v) is 8.93. The Morgan fingerprint density at radius 2 is 1.84 bits per heavy atom. The summed E-state index contributed by atoms with van der Waals surface area (Å²) in [7, 11) is 1.34. The molecule has 0 unspecified atom stereocenters. The van der Waals surface area contributed by atoms with Gasteiger partial charge < -0.3 is 61.9 Å². The molecular weight excluding hydrogens is 874 g/mol. The lowest BCUT2D eigenvalue weighted by Crippen LogP contribution is -2.51. The number of hydrogen-bond acceptors (Lipinski definition) is 12. The van der Waals surface area contributed by atoms with Crippen LogP contribution in [0.4, 0.5) is 24.5 Å². The topological polar surface area (TPSA) is 300 Å². The van der Waals surface area contributed by atoms with Crippen molar-refractivity contribution in [2.75, 3.05) is 18.9 Å². The van der Waals surface area contributed by atoms with Crippen LogP contribution in [0.3, 0.4) is 0 Å². The molecule has 0 radical (unpaired) electrons. The molecule has 0 fully saturated rings. The maximum absolute atomic E-state index is 15.4. The molecule has 4 atom stereocenters. The molecule has 356 valence electrons. The number of ether oxygens (including phenoxy) is 2. The number of nitrogens with two attached hydrogens (primary N) is 2. The van der Waals surface area contributed by atoms with Crippen molar-refractivity contribution in [3.8, 4) is 11.4 Å². The second-order valence-corrected chi connectivity index (χ2v) is 17.5. The average Bonchev–Trinajstić information content (AvgIpc) is 3.65. The molecule has 2 aromatic carbocycles. The lowest BCUT2D eigenvalue weighted by atomic mass is 9.81. The van der Waals surface area contributed by atoms with E-state index in [-0.39, 0.29) is 74.8 Å². The van der Waals surface area contributed by atoms with E-state index >= 15 is 4.39 Å². The number of amides is 6. The van der Waals surface area contributed by atoms with Gasteiger partial charge in [0.05, 0.1) is 41.1 Å². The first-order chi connectivity index (χ1) is 31.7. The molecule has 21 heteroatoms. The van der Waals surface area contributed by atoms with Crippen LogP contribution >= 0.6 is 0 Å². The van der Waals surface area contributed by atoms with E-state index in [1.54, 1.807) is 39.8 Å². The lowest BCUT2D eigenvalue weighted by molar-refractivity contribution is -0.172. The van der Waals surface area contributed by atoms with E-state index in [0.717, 1.165) is 4.90 Å². The Bertz CT molecular complexity index is 2780. The van der Waals surface area contributed by atoms with Crippen LogP contribution < -0.4 is 38.3 Å². The first-order valence-corrected chi connectivity index (χ1v) is 21.9. The van der Waals surface area contributed by atoms with Gasteiger partial charge in [-0.15, -0.1) is 0 Å². The zero-order chi connectivity index (χ0) is 48.6. The van der Waals surface area contributed by atoms with Crippen molar-refractivity contribution < 1.29 is 52.8 Å². The molecule has 4 aromatic rings. The van der Waals surface area contributed by atoms with Crippen molar-refractivity contribution in [2.45, 2.75) is 110 Å². The molecule has 2 aliphatic heterocycles. The number of esters is 1. The summed E-state index contributed by atoms with van der Waals surface area (Å²) in [5, 5.41) is 32.6. The number of fused-ring (bicyclic) bond motifs is 5. The molecule has 6 amide bonds. The van der Waals surface area contributed by atoms with Crippen LogP contribution in [0.25, 0.3) is 22.3 Å². The zero-order valence-electron chi connectivity index (χ0n) is 37.7. The summed E-state index contributed by atoms with van der Waals surface area (Å²) in [5.41, 5.74) is 13.3. The van der Waals surface area contributed by atoms with E-state index in [2.05, 4.69) is 21.3 Å². The van der Waals surface area contributed by atoms with Crippen LogP contribution in [-0.4, -0.2) is 86.3 Å². The number of carbonyl (C=O) groups is 6. The highest BCUT2D eigenvalue weighted by atomic mass is 19.1. The Morgan fingerprint density at radius 3 is 2.52 bits per heavy atom. The van der Waals surface area contributed by atoms with Gasteiger partial charge in [0, 0.05) is 48.4 Å². The van der Waals surface area contributed by atoms with Crippen molar-refractivity contribution in [2.24, 2.45) is 17.4 Å². The third-order valence-corrected chi connectivity index (χ3v) is 12.9. The largest absolute Gasteiger partial charge is 0.465 e. The van der Waals surface area contributed by atoms with Gasteiger partial charge >= 0.3 is 24.2 Å². The van der Waals surface area contributed by atoms with Crippen molar-refractivity contribution in [3.05, 3.63) is 91.0 Å². The maximum Gasteiger partial charge on any atom is 0.407 e. The summed E-state index contributed by atoms with van der Waals surface area (Å²) < 4.78 is 27.9. The molecule has 0 saturated carbocycles. The van der Waals surface area contributed by atoms with Gasteiger partial charge in [-0.25, -0.2) is 28.6 Å². The smallest absolute Gasteiger partial charge is 0.407 e. The van der Waals surface area contributed by atoms with Gasteiger partial charge in [0.2, 0.25) is 11.8 Å². The minimum absolute atomic E-state index is 0.0328. The average molecular weight is 928 g/mol. The number of pyridine rings is 2. The van der Waals surface area contributed by atoms with Gasteiger partial charge in [-0.1, -0.05) is 26.8 Å². The monoisotopic (exact) mass is 927 g/mol. The highest BCUT2D eigenvalue weighted by Crippen LogP contribution is 2.46. The number of aliphatic hydroxyl groups is 1. The number of carboxylic acid groups (broad SMARTS) is 1. The van der Waals surface area contributed by atoms with Gasteiger partial charge in [0.25, 0.3) is 5.56 Å². The third-order valence-electron chi connectivity index (χ3n) is 12.9. The molecule has 7 rings (SSSR count). The van der Waals surface area contributed by atoms with Crippen LogP contribution in [0, 0.1) is 18.7 Å². The molecule has 10 N–H and O–H groups in total. The van der Waals surface area contributed by atoms with E-state index < -0.39 is 71.1 Å². The predicted molar refractivity (Wildman–Crippen MR) is 240 cm³/mol. The SMILES string of the molecule is CC[C@@]1(O)C(=O)OCc2c1cc1n(c2=O)Cc2c-1nc1cc(F)c(C)c3c1c2[C@@H](NC(=O)OCc1ccc(NC(=O)[C@H](CCCNC(N)=O)NC(=O)[C@@H](N)C(C)C)cc1CN(C)C(=O)O)CC3. The number of cyclic esters (lactones) is 1. The molecule has 1 aliphatic carbocycles. The van der Waals surface area contributed by atoms with E-state index in [9.17, 15) is 43.8 Å². The van der Waals surface area contributed by atoms with E-state index in [1.807, 2.05) is 0 Å². The number of hydrogen-bond donors (Lipinski definition) is 8. The Balaban J connectivity index is 1.15. The molecule has 0 saturated heterocycles. The molecular formula is C46H54FN9O11. The van der Waals surface area contributed by atoms with Crippen molar-refractivity contribution in [3.63, 3.8) is 0 Å². The number of anilines is 1. The number of nitrogens with one attached hydrogen (secondary N) is 4. The summed E-state index contributed by atoms with van der Waals surface area (Å²) in [4.78, 5) is 96.1. The summed E-state index contributed by atoms with van der Waals surface area (Å²) in [6.45, 7) is 6.14. The minimum Gasteiger partial charge on any atom is -0.465 e. The Labute approximate surface area is 383 Å². The van der Waals surface area contributed by atoms with Gasteiger partial charge in [0.1, 0.15) is 25.1 Å². The normalized spacial score (nSPS) is 17.6. The zero-order valence-corrected chi connectivity index (χ0v) is 37.7. The molecule has 20 nitrogen and oxygen atoms in total. The number of aromatic nitrogens is 2. The summed E-state index contributed by atoms with van der Waals surface area (Å²) in [6.07, 6.45) is -1.04.